The number of anilines is 2. The van der Waals surface area contributed by atoms with Crippen LogP contribution in [0.15, 0.2) is 36.7 Å². The summed E-state index contributed by atoms with van der Waals surface area (Å²) in [7, 11) is 0. The molecule has 0 aliphatic carbocycles. The average molecular weight is 484 g/mol. The molecular weight excluding hydrogens is 456 g/mol. The van der Waals surface area contributed by atoms with Gasteiger partial charge in [-0.25, -0.2) is 13.8 Å². The van der Waals surface area contributed by atoms with E-state index in [-0.39, 0.29) is 17.1 Å². The Morgan fingerprint density at radius 2 is 2.03 bits per heavy atom. The van der Waals surface area contributed by atoms with Gasteiger partial charge in [-0.3, -0.25) is 4.98 Å². The Morgan fingerprint density at radius 3 is 2.85 bits per heavy atom. The predicted molar refractivity (Wildman–Crippen MR) is 132 cm³/mol. The zero-order chi connectivity index (χ0) is 23.7. The van der Waals surface area contributed by atoms with Crippen LogP contribution in [0, 0.1) is 18.6 Å². The molecule has 2 aliphatic rings. The molecule has 4 heterocycles. The molecule has 5 rings (SSSR count). The second-order valence-electron chi connectivity index (χ2n) is 9.06. The maximum Gasteiger partial charge on any atom is 0.142 e. The molecule has 2 aliphatic heterocycles. The predicted octanol–water partition coefficient (Wildman–Crippen LogP) is 5.50. The minimum atomic E-state index is -0.608. The van der Waals surface area contributed by atoms with Crippen LogP contribution in [0.4, 0.5) is 20.3 Å². The highest BCUT2D eigenvalue weighted by molar-refractivity contribution is 6.31. The molecule has 3 aromatic rings. The van der Waals surface area contributed by atoms with E-state index in [1.807, 2.05) is 18.5 Å². The molecule has 34 heavy (non-hydrogen) atoms. The van der Waals surface area contributed by atoms with Crippen molar-refractivity contribution in [1.29, 1.82) is 0 Å². The molecule has 178 valence electrons. The van der Waals surface area contributed by atoms with E-state index in [0.29, 0.717) is 6.04 Å². The van der Waals surface area contributed by atoms with Crippen molar-refractivity contribution in [1.82, 2.24) is 15.3 Å². The van der Waals surface area contributed by atoms with Crippen LogP contribution in [0.25, 0.3) is 11.1 Å². The molecule has 1 aromatic carbocycles. The first-order valence-corrected chi connectivity index (χ1v) is 12.2. The van der Waals surface area contributed by atoms with Gasteiger partial charge in [0.1, 0.15) is 17.5 Å². The van der Waals surface area contributed by atoms with Crippen LogP contribution in [-0.2, 0) is 13.0 Å². The minimum absolute atomic E-state index is 0.157. The lowest BCUT2D eigenvalue weighted by Gasteiger charge is -2.33. The Kier molecular flexibility index (Phi) is 6.66. The second kappa shape index (κ2) is 9.84. The van der Waals surface area contributed by atoms with Gasteiger partial charge in [0.15, 0.2) is 0 Å². The van der Waals surface area contributed by atoms with Gasteiger partial charge < -0.3 is 15.5 Å². The molecule has 1 saturated heterocycles. The number of nitrogens with zero attached hydrogens (tertiary/aromatic N) is 3. The van der Waals surface area contributed by atoms with Gasteiger partial charge in [0, 0.05) is 49.2 Å². The van der Waals surface area contributed by atoms with Crippen LogP contribution in [0.2, 0.25) is 5.02 Å². The van der Waals surface area contributed by atoms with Gasteiger partial charge in [-0.1, -0.05) is 11.6 Å². The van der Waals surface area contributed by atoms with E-state index in [4.69, 9.17) is 16.6 Å². The molecule has 2 aromatic heterocycles. The zero-order valence-electron chi connectivity index (χ0n) is 19.2. The molecule has 2 N–H and O–H groups in total. The number of rotatable bonds is 5. The lowest BCUT2D eigenvalue weighted by atomic mass is 9.96. The summed E-state index contributed by atoms with van der Waals surface area (Å²) in [5.41, 5.74) is 5.22. The van der Waals surface area contributed by atoms with Crippen molar-refractivity contribution in [3.63, 3.8) is 0 Å². The summed E-state index contributed by atoms with van der Waals surface area (Å²) in [6.07, 6.45) is 7.74. The monoisotopic (exact) mass is 483 g/mol. The van der Waals surface area contributed by atoms with Crippen LogP contribution in [0.5, 0.6) is 0 Å². The van der Waals surface area contributed by atoms with E-state index >= 15 is 0 Å². The zero-order valence-corrected chi connectivity index (χ0v) is 19.9. The molecule has 0 amide bonds. The van der Waals surface area contributed by atoms with E-state index in [2.05, 4.69) is 33.5 Å². The summed E-state index contributed by atoms with van der Waals surface area (Å²) in [5, 5.41) is 6.79. The first kappa shape index (κ1) is 23.0. The number of piperidine rings is 1. The Balaban J connectivity index is 1.47. The van der Waals surface area contributed by atoms with E-state index in [9.17, 15) is 8.78 Å². The number of aryl methyl sites for hydroxylation is 1. The maximum atomic E-state index is 14.5. The summed E-state index contributed by atoms with van der Waals surface area (Å²) in [5.74, 6) is -0.264. The number of fused-ring (bicyclic) bond motifs is 1. The Hall–Kier alpha value is -2.77. The fraction of sp³-hybridized carbons (Fsp3) is 0.385. The quantitative estimate of drug-likeness (QED) is 0.469. The van der Waals surface area contributed by atoms with Gasteiger partial charge in [0.25, 0.3) is 0 Å². The second-order valence-corrected chi connectivity index (χ2v) is 9.43. The molecule has 1 atom stereocenters. The molecular formula is C26H28ClF2N5. The Labute approximate surface area is 203 Å². The third kappa shape index (κ3) is 4.59. The van der Waals surface area contributed by atoms with Crippen molar-refractivity contribution in [2.75, 3.05) is 29.9 Å². The standard InChI is InChI=1S/C26H28ClF2N5/c1-16-19(17-8-10-31-24(12-17)33-18-4-2-9-30-13-18)14-32-23-5-3-11-34(26(16)23)15-20-21(28)6-7-22(29)25(20)27/h6-8,10,12,14,18,30H,2-5,9,11,13,15H2,1H3,(H,31,33). The lowest BCUT2D eigenvalue weighted by Crippen LogP contribution is -2.38. The summed E-state index contributed by atoms with van der Waals surface area (Å²) >= 11 is 6.13. The number of aromatic nitrogens is 2. The average Bonchev–Trinajstić information content (AvgIpc) is 2.85. The number of halogens is 3. The fourth-order valence-corrected chi connectivity index (χ4v) is 5.22. The van der Waals surface area contributed by atoms with Crippen molar-refractivity contribution in [3.05, 3.63) is 70.1 Å². The highest BCUT2D eigenvalue weighted by atomic mass is 35.5. The molecule has 8 heteroatoms. The van der Waals surface area contributed by atoms with E-state index in [0.717, 1.165) is 91.3 Å². The van der Waals surface area contributed by atoms with Crippen LogP contribution in [0.1, 0.15) is 36.1 Å². The number of pyridine rings is 2. The van der Waals surface area contributed by atoms with Crippen LogP contribution in [0.3, 0.4) is 0 Å². The maximum absolute atomic E-state index is 14.5. The highest BCUT2D eigenvalue weighted by Gasteiger charge is 2.25. The molecule has 0 saturated carbocycles. The normalized spacial score (nSPS) is 18.0. The van der Waals surface area contributed by atoms with Crippen molar-refractivity contribution in [3.8, 4) is 11.1 Å². The summed E-state index contributed by atoms with van der Waals surface area (Å²) in [4.78, 5) is 11.3. The Bertz CT molecular complexity index is 1200. The topological polar surface area (TPSA) is 53.1 Å². The van der Waals surface area contributed by atoms with Gasteiger partial charge in [0.2, 0.25) is 0 Å². The van der Waals surface area contributed by atoms with Crippen molar-refractivity contribution in [2.45, 2.75) is 45.2 Å². The van der Waals surface area contributed by atoms with Crippen LogP contribution >= 0.6 is 11.6 Å². The Morgan fingerprint density at radius 1 is 1.18 bits per heavy atom. The van der Waals surface area contributed by atoms with E-state index in [1.165, 1.54) is 0 Å². The summed E-state index contributed by atoms with van der Waals surface area (Å²) in [6.45, 7) is 4.98. The number of hydrogen-bond acceptors (Lipinski definition) is 5. The first-order chi connectivity index (χ1) is 16.5. The van der Waals surface area contributed by atoms with Gasteiger partial charge in [-0.2, -0.15) is 0 Å². The minimum Gasteiger partial charge on any atom is -0.366 e. The van der Waals surface area contributed by atoms with E-state index < -0.39 is 11.6 Å². The number of benzene rings is 1. The SMILES string of the molecule is Cc1c(-c2ccnc(NC3CCCNC3)c2)cnc2c1N(Cc1c(F)ccc(F)c1Cl)CCC2. The van der Waals surface area contributed by atoms with Gasteiger partial charge >= 0.3 is 0 Å². The van der Waals surface area contributed by atoms with Crippen molar-refractivity contribution >= 4 is 23.1 Å². The molecule has 0 radical (unpaired) electrons. The summed E-state index contributed by atoms with van der Waals surface area (Å²) in [6, 6.07) is 6.60. The lowest BCUT2D eigenvalue weighted by molar-refractivity contribution is 0.479. The first-order valence-electron chi connectivity index (χ1n) is 11.8. The molecule has 5 nitrogen and oxygen atoms in total. The highest BCUT2D eigenvalue weighted by Crippen LogP contribution is 2.37. The number of hydrogen-bond donors (Lipinski definition) is 2. The third-order valence-electron chi connectivity index (χ3n) is 6.75. The van der Waals surface area contributed by atoms with Crippen molar-refractivity contribution < 1.29 is 8.78 Å². The number of nitrogens with one attached hydrogen (secondary N) is 2. The van der Waals surface area contributed by atoms with Crippen LogP contribution < -0.4 is 15.5 Å². The largest absolute Gasteiger partial charge is 0.366 e. The smallest absolute Gasteiger partial charge is 0.142 e. The third-order valence-corrected chi connectivity index (χ3v) is 7.16. The fourth-order valence-electron chi connectivity index (χ4n) is 5.01. The van der Waals surface area contributed by atoms with Crippen molar-refractivity contribution in [2.24, 2.45) is 0 Å². The van der Waals surface area contributed by atoms with Crippen LogP contribution in [-0.4, -0.2) is 35.6 Å². The van der Waals surface area contributed by atoms with Gasteiger partial charge in [0.05, 0.1) is 16.4 Å². The summed E-state index contributed by atoms with van der Waals surface area (Å²) < 4.78 is 28.6. The molecule has 0 spiro atoms. The van der Waals surface area contributed by atoms with E-state index in [1.54, 1.807) is 0 Å². The van der Waals surface area contributed by atoms with Gasteiger partial charge in [-0.05, 0) is 74.5 Å². The van der Waals surface area contributed by atoms with Gasteiger partial charge in [-0.15, -0.1) is 0 Å². The molecule has 1 unspecified atom stereocenters. The molecule has 1 fully saturated rings. The molecule has 0 bridgehead atoms.